The average Bonchev–Trinajstić information content (AvgIpc) is 3.72. The summed E-state index contributed by atoms with van der Waals surface area (Å²) in [7, 11) is 0. The SMILES string of the molecule is CCOC(=O)C(COC(=O)Oc1c(F)cc(NC(=O)c2ccc(C)cc2-c2ccc(C(F)(F)F)cc2)c(C(=O)N2CCOCC2)c1F)(C(=O)OCC)c1cccs1. The van der Waals surface area contributed by atoms with Crippen LogP contribution >= 0.6 is 11.3 Å². The number of esters is 2. The molecule has 1 N–H and O–H groups in total. The van der Waals surface area contributed by atoms with Gasteiger partial charge in [0.1, 0.15) is 12.2 Å². The number of anilines is 1. The van der Waals surface area contributed by atoms with Crippen molar-refractivity contribution < 1.29 is 69.6 Å². The van der Waals surface area contributed by atoms with Crippen LogP contribution in [-0.4, -0.2) is 80.9 Å². The summed E-state index contributed by atoms with van der Waals surface area (Å²) in [4.78, 5) is 68.4. The number of nitrogens with one attached hydrogen (secondary N) is 1. The van der Waals surface area contributed by atoms with E-state index in [1.54, 1.807) is 6.92 Å². The van der Waals surface area contributed by atoms with Gasteiger partial charge < -0.3 is 33.9 Å². The lowest BCUT2D eigenvalue weighted by Crippen LogP contribution is -2.50. The predicted molar refractivity (Wildman–Crippen MR) is 194 cm³/mol. The Hall–Kier alpha value is -5.88. The molecule has 0 saturated carbocycles. The molecule has 12 nitrogen and oxygen atoms in total. The van der Waals surface area contributed by atoms with Crippen LogP contribution in [0.4, 0.5) is 32.4 Å². The molecule has 1 fully saturated rings. The third-order valence-corrected chi connectivity index (χ3v) is 9.69. The maximum absolute atomic E-state index is 16.5. The molecule has 57 heavy (non-hydrogen) atoms. The van der Waals surface area contributed by atoms with Gasteiger partial charge in [-0.1, -0.05) is 35.9 Å². The number of hydrogen-bond donors (Lipinski definition) is 1. The summed E-state index contributed by atoms with van der Waals surface area (Å²) in [6.45, 7) is 3.31. The molecule has 0 spiro atoms. The first kappa shape index (κ1) is 42.3. The Kier molecular flexibility index (Phi) is 13.3. The fourth-order valence-electron chi connectivity index (χ4n) is 5.83. The lowest BCUT2D eigenvalue weighted by molar-refractivity contribution is -0.167. The number of thiophene rings is 1. The van der Waals surface area contributed by atoms with Gasteiger partial charge in [-0.3, -0.25) is 19.2 Å². The Bertz CT molecular complexity index is 2120. The zero-order chi connectivity index (χ0) is 41.5. The first-order valence-corrected chi connectivity index (χ1v) is 18.2. The Morgan fingerprint density at radius 1 is 0.877 bits per heavy atom. The van der Waals surface area contributed by atoms with E-state index in [0.29, 0.717) is 11.6 Å². The molecule has 0 aliphatic carbocycles. The van der Waals surface area contributed by atoms with Gasteiger partial charge in [0.05, 0.1) is 37.7 Å². The number of ether oxygens (including phenoxy) is 5. The van der Waals surface area contributed by atoms with E-state index in [0.717, 1.165) is 40.5 Å². The summed E-state index contributed by atoms with van der Waals surface area (Å²) in [5.41, 5.74) is -3.94. The smallest absolute Gasteiger partial charge is 0.465 e. The first-order valence-electron chi connectivity index (χ1n) is 17.3. The Balaban J connectivity index is 1.49. The van der Waals surface area contributed by atoms with E-state index in [2.05, 4.69) is 5.32 Å². The van der Waals surface area contributed by atoms with E-state index in [9.17, 15) is 37.1 Å². The van der Waals surface area contributed by atoms with Crippen molar-refractivity contribution in [3.05, 3.63) is 105 Å². The average molecular weight is 819 g/mol. The van der Waals surface area contributed by atoms with E-state index in [-0.39, 0.29) is 61.1 Å². The molecule has 18 heteroatoms. The van der Waals surface area contributed by atoms with Gasteiger partial charge in [0.25, 0.3) is 11.8 Å². The molecule has 5 rings (SSSR count). The zero-order valence-corrected chi connectivity index (χ0v) is 31.4. The van der Waals surface area contributed by atoms with Crippen molar-refractivity contribution in [1.29, 1.82) is 0 Å². The summed E-state index contributed by atoms with van der Waals surface area (Å²) in [6.07, 6.45) is -6.40. The number of hydrogen-bond acceptors (Lipinski definition) is 11. The van der Waals surface area contributed by atoms with E-state index in [1.807, 2.05) is 0 Å². The lowest BCUT2D eigenvalue weighted by atomic mass is 9.87. The summed E-state index contributed by atoms with van der Waals surface area (Å²) in [5.74, 6) is -9.01. The number of amides is 2. The van der Waals surface area contributed by atoms with Crippen LogP contribution in [0, 0.1) is 18.6 Å². The van der Waals surface area contributed by atoms with E-state index < -0.39 is 82.3 Å². The molecular formula is C39H35F5N2O10S. The van der Waals surface area contributed by atoms with Crippen molar-refractivity contribution in [1.82, 2.24) is 4.90 Å². The highest BCUT2D eigenvalue weighted by Crippen LogP contribution is 2.37. The quantitative estimate of drug-likeness (QED) is 0.0507. The number of alkyl halides is 3. The number of carbonyl (C=O) groups is 5. The van der Waals surface area contributed by atoms with Gasteiger partial charge in [0, 0.05) is 29.6 Å². The van der Waals surface area contributed by atoms with Crippen LogP contribution in [0.25, 0.3) is 11.1 Å². The van der Waals surface area contributed by atoms with Gasteiger partial charge in [0.2, 0.25) is 11.2 Å². The third-order valence-electron chi connectivity index (χ3n) is 8.66. The highest BCUT2D eigenvalue weighted by atomic mass is 32.1. The summed E-state index contributed by atoms with van der Waals surface area (Å²) < 4.78 is 97.5. The maximum atomic E-state index is 16.5. The van der Waals surface area contributed by atoms with E-state index in [4.69, 9.17) is 23.7 Å². The number of nitrogens with zero attached hydrogens (tertiary/aromatic N) is 1. The summed E-state index contributed by atoms with van der Waals surface area (Å²) in [6, 6.07) is 11.9. The second kappa shape index (κ2) is 17.9. The topological polar surface area (TPSA) is 147 Å². The fourth-order valence-corrected chi connectivity index (χ4v) is 6.72. The van der Waals surface area contributed by atoms with Gasteiger partial charge in [0.15, 0.2) is 11.6 Å². The van der Waals surface area contributed by atoms with Crippen molar-refractivity contribution in [2.75, 3.05) is 51.4 Å². The molecule has 0 atom stereocenters. The van der Waals surface area contributed by atoms with Crippen LogP contribution in [0.2, 0.25) is 0 Å². The minimum atomic E-state index is -4.62. The molecule has 0 unspecified atom stereocenters. The molecule has 2 heterocycles. The fraction of sp³-hybridized carbons (Fsp3) is 0.308. The number of rotatable bonds is 12. The zero-order valence-electron chi connectivity index (χ0n) is 30.6. The normalized spacial score (nSPS) is 13.1. The van der Waals surface area contributed by atoms with Gasteiger partial charge in [-0.15, -0.1) is 11.3 Å². The second-order valence-corrected chi connectivity index (χ2v) is 13.3. The van der Waals surface area contributed by atoms with Gasteiger partial charge in [-0.25, -0.2) is 13.6 Å². The molecule has 4 aromatic rings. The number of aryl methyl sites for hydroxylation is 1. The van der Waals surface area contributed by atoms with Crippen molar-refractivity contribution in [2.24, 2.45) is 0 Å². The molecule has 3 aromatic carbocycles. The third kappa shape index (κ3) is 9.23. The molecule has 1 saturated heterocycles. The molecule has 2 amide bonds. The number of carbonyl (C=O) groups excluding carboxylic acids is 5. The van der Waals surface area contributed by atoms with Crippen LogP contribution in [0.1, 0.15) is 50.6 Å². The maximum Gasteiger partial charge on any atom is 0.514 e. The van der Waals surface area contributed by atoms with Crippen molar-refractivity contribution in [2.45, 2.75) is 32.4 Å². The van der Waals surface area contributed by atoms with Crippen LogP contribution in [0.5, 0.6) is 5.75 Å². The Morgan fingerprint density at radius 2 is 1.53 bits per heavy atom. The van der Waals surface area contributed by atoms with Crippen LogP contribution in [0.3, 0.4) is 0 Å². The molecular weight excluding hydrogens is 783 g/mol. The van der Waals surface area contributed by atoms with E-state index in [1.165, 1.54) is 49.6 Å². The van der Waals surface area contributed by atoms with Crippen LogP contribution in [0.15, 0.2) is 66.0 Å². The number of benzene rings is 3. The summed E-state index contributed by atoms with van der Waals surface area (Å²) in [5, 5.41) is 3.87. The second-order valence-electron chi connectivity index (χ2n) is 12.4. The van der Waals surface area contributed by atoms with Gasteiger partial charge in [-0.05, 0) is 61.5 Å². The van der Waals surface area contributed by atoms with Crippen LogP contribution in [-0.2, 0) is 40.1 Å². The van der Waals surface area contributed by atoms with Crippen molar-refractivity contribution >= 4 is 46.9 Å². The summed E-state index contributed by atoms with van der Waals surface area (Å²) >= 11 is 0.943. The standard InChI is InChI=1S/C39H35F5N2O10S/c1-4-53-35(49)38(36(50)54-5-2,29-7-6-18-57-29)21-55-37(51)56-32-27(40)20-28(30(31(32)41)34(48)46-14-16-52-17-15-46)45-33(47)25-13-8-22(3)19-26(25)23-9-11-24(12-10-23)39(42,43)44/h6-13,18-20H,4-5,14-17,21H2,1-3H3,(H,45,47). The Morgan fingerprint density at radius 3 is 2.11 bits per heavy atom. The van der Waals surface area contributed by atoms with Gasteiger partial charge >= 0.3 is 24.3 Å². The molecule has 0 radical (unpaired) electrons. The first-order chi connectivity index (χ1) is 27.1. The molecule has 302 valence electrons. The predicted octanol–water partition coefficient (Wildman–Crippen LogP) is 7.32. The molecule has 1 aliphatic rings. The van der Waals surface area contributed by atoms with Crippen molar-refractivity contribution in [3.8, 4) is 16.9 Å². The molecule has 1 aliphatic heterocycles. The number of halogens is 5. The van der Waals surface area contributed by atoms with Gasteiger partial charge in [-0.2, -0.15) is 13.2 Å². The molecule has 1 aromatic heterocycles. The lowest BCUT2D eigenvalue weighted by Gasteiger charge is -2.28. The molecule has 0 bridgehead atoms. The highest BCUT2D eigenvalue weighted by molar-refractivity contribution is 7.10. The van der Waals surface area contributed by atoms with Crippen molar-refractivity contribution in [3.63, 3.8) is 0 Å². The van der Waals surface area contributed by atoms with Crippen LogP contribution < -0.4 is 10.1 Å². The largest absolute Gasteiger partial charge is 0.514 e. The minimum absolute atomic E-state index is 0.0240. The van der Waals surface area contributed by atoms with E-state index >= 15 is 8.78 Å². The minimum Gasteiger partial charge on any atom is -0.465 e. The Labute approximate surface area is 326 Å². The highest BCUT2D eigenvalue weighted by Gasteiger charge is 2.53. The number of morpholine rings is 1. The monoisotopic (exact) mass is 818 g/mol.